The van der Waals surface area contributed by atoms with E-state index in [0.29, 0.717) is 30.0 Å². The lowest BCUT2D eigenvalue weighted by atomic mass is 10.1. The van der Waals surface area contributed by atoms with Crippen LogP contribution in [0.25, 0.3) is 0 Å². The van der Waals surface area contributed by atoms with E-state index in [0.717, 1.165) is 5.56 Å². The number of benzene rings is 2. The Morgan fingerprint density at radius 1 is 1.29 bits per heavy atom. The number of phenols is 1. The molecule has 4 N–H and O–H groups in total. The number of carbonyl (C=O) groups is 1. The molecule has 5 nitrogen and oxygen atoms in total. The van der Waals surface area contributed by atoms with Gasteiger partial charge in [-0.25, -0.2) is 0 Å². The van der Waals surface area contributed by atoms with Crippen molar-refractivity contribution in [3.8, 4) is 11.5 Å². The van der Waals surface area contributed by atoms with Gasteiger partial charge in [-0.2, -0.15) is 0 Å². The maximum absolute atomic E-state index is 11.9. The minimum Gasteiger partial charge on any atom is -0.506 e. The van der Waals surface area contributed by atoms with Crippen molar-refractivity contribution in [1.29, 1.82) is 0 Å². The number of aryl methyl sites for hydroxylation is 1. The smallest absolute Gasteiger partial charge is 0.224 e. The molecule has 21 heavy (non-hydrogen) atoms. The van der Waals surface area contributed by atoms with Crippen LogP contribution >= 0.6 is 0 Å². The summed E-state index contributed by atoms with van der Waals surface area (Å²) in [5.41, 5.74) is 7.74. The number of phenolic OH excluding ortho intramolecular Hbond substituents is 1. The van der Waals surface area contributed by atoms with Gasteiger partial charge in [0.15, 0.2) is 0 Å². The van der Waals surface area contributed by atoms with Gasteiger partial charge < -0.3 is 20.9 Å². The fourth-order valence-corrected chi connectivity index (χ4v) is 1.96. The number of hydrogen-bond acceptors (Lipinski definition) is 4. The lowest BCUT2D eigenvalue weighted by molar-refractivity contribution is -0.116. The third kappa shape index (κ3) is 4.14. The van der Waals surface area contributed by atoms with E-state index in [1.54, 1.807) is 18.2 Å². The van der Waals surface area contributed by atoms with Crippen molar-refractivity contribution in [3.63, 3.8) is 0 Å². The highest BCUT2D eigenvalue weighted by Crippen LogP contribution is 2.27. The van der Waals surface area contributed by atoms with Crippen LogP contribution in [0, 0.1) is 0 Å². The highest BCUT2D eigenvalue weighted by atomic mass is 16.5. The number of nitrogens with two attached hydrogens (primary N) is 1. The fraction of sp³-hybridized carbons (Fsp3) is 0.188. The molecule has 110 valence electrons. The van der Waals surface area contributed by atoms with Gasteiger partial charge in [0.25, 0.3) is 0 Å². The number of carbonyl (C=O) groups excluding carboxylic acids is 1. The van der Waals surface area contributed by atoms with Crippen molar-refractivity contribution in [1.82, 2.24) is 0 Å². The van der Waals surface area contributed by atoms with E-state index in [1.165, 1.54) is 13.2 Å². The Morgan fingerprint density at radius 2 is 2.10 bits per heavy atom. The summed E-state index contributed by atoms with van der Waals surface area (Å²) in [6.45, 7) is 0. The molecule has 0 fully saturated rings. The van der Waals surface area contributed by atoms with Crippen LogP contribution in [-0.2, 0) is 11.2 Å². The first kappa shape index (κ1) is 14.7. The molecule has 0 radical (unpaired) electrons. The summed E-state index contributed by atoms with van der Waals surface area (Å²) in [6.07, 6.45) is 0.905. The van der Waals surface area contributed by atoms with Gasteiger partial charge in [0.05, 0.1) is 12.8 Å². The van der Waals surface area contributed by atoms with E-state index >= 15 is 0 Å². The summed E-state index contributed by atoms with van der Waals surface area (Å²) in [5, 5.41) is 12.5. The normalized spacial score (nSPS) is 10.1. The second kappa shape index (κ2) is 6.65. The predicted molar refractivity (Wildman–Crippen MR) is 82.5 cm³/mol. The van der Waals surface area contributed by atoms with Crippen LogP contribution < -0.4 is 15.8 Å². The average molecular weight is 286 g/mol. The molecule has 2 aromatic rings. The first-order chi connectivity index (χ1) is 10.1. The highest BCUT2D eigenvalue weighted by molar-refractivity contribution is 5.92. The molecule has 1 amide bonds. The molecule has 0 aliphatic rings. The standard InChI is InChI=1S/C16H18N2O3/c1-21-13-6-7-14(15(19)10-13)18-16(20)8-5-11-3-2-4-12(17)9-11/h2-4,6-7,9-10,19H,5,8,17H2,1H3,(H,18,20). The van der Waals surface area contributed by atoms with Crippen molar-refractivity contribution >= 4 is 17.3 Å². The Labute approximate surface area is 123 Å². The second-order valence-corrected chi connectivity index (χ2v) is 4.68. The molecule has 2 rings (SSSR count). The molecule has 0 aromatic heterocycles. The Balaban J connectivity index is 1.93. The van der Waals surface area contributed by atoms with Gasteiger partial charge in [0, 0.05) is 18.2 Å². The number of anilines is 2. The fourth-order valence-electron chi connectivity index (χ4n) is 1.96. The molecule has 0 bridgehead atoms. The summed E-state index contributed by atoms with van der Waals surface area (Å²) in [6, 6.07) is 12.2. The number of rotatable bonds is 5. The Morgan fingerprint density at radius 3 is 2.76 bits per heavy atom. The molecule has 0 heterocycles. The van der Waals surface area contributed by atoms with Gasteiger partial charge in [-0.05, 0) is 36.2 Å². The molecule has 0 atom stereocenters. The van der Waals surface area contributed by atoms with Crippen molar-refractivity contribution in [3.05, 3.63) is 48.0 Å². The van der Waals surface area contributed by atoms with Crippen LogP contribution in [0.2, 0.25) is 0 Å². The molecule has 0 unspecified atom stereocenters. The summed E-state index contributed by atoms with van der Waals surface area (Å²) >= 11 is 0. The zero-order valence-electron chi connectivity index (χ0n) is 11.8. The van der Waals surface area contributed by atoms with Gasteiger partial charge in [-0.1, -0.05) is 12.1 Å². The van der Waals surface area contributed by atoms with E-state index in [-0.39, 0.29) is 11.7 Å². The van der Waals surface area contributed by atoms with Crippen LogP contribution in [0.4, 0.5) is 11.4 Å². The molecular weight excluding hydrogens is 268 g/mol. The largest absolute Gasteiger partial charge is 0.506 e. The molecule has 0 spiro atoms. The SMILES string of the molecule is COc1ccc(NC(=O)CCc2cccc(N)c2)c(O)c1. The Bertz CT molecular complexity index is 641. The molecular formula is C16H18N2O3. The third-order valence-corrected chi connectivity index (χ3v) is 3.07. The Kier molecular flexibility index (Phi) is 4.66. The van der Waals surface area contributed by atoms with Crippen molar-refractivity contribution in [2.75, 3.05) is 18.2 Å². The topological polar surface area (TPSA) is 84.6 Å². The van der Waals surface area contributed by atoms with Crippen LogP contribution in [0.3, 0.4) is 0 Å². The summed E-state index contributed by atoms with van der Waals surface area (Å²) in [7, 11) is 1.51. The number of aromatic hydroxyl groups is 1. The molecule has 2 aromatic carbocycles. The average Bonchev–Trinajstić information content (AvgIpc) is 2.47. The molecule has 0 saturated carbocycles. The zero-order chi connectivity index (χ0) is 15.2. The van der Waals surface area contributed by atoms with E-state index in [2.05, 4.69) is 5.32 Å². The lowest BCUT2D eigenvalue weighted by Gasteiger charge is -2.09. The van der Waals surface area contributed by atoms with Crippen molar-refractivity contribution < 1.29 is 14.6 Å². The van der Waals surface area contributed by atoms with Gasteiger partial charge >= 0.3 is 0 Å². The highest BCUT2D eigenvalue weighted by Gasteiger charge is 2.08. The van der Waals surface area contributed by atoms with Crippen molar-refractivity contribution in [2.24, 2.45) is 0 Å². The van der Waals surface area contributed by atoms with E-state index in [4.69, 9.17) is 10.5 Å². The molecule has 0 aliphatic carbocycles. The lowest BCUT2D eigenvalue weighted by Crippen LogP contribution is -2.12. The quantitative estimate of drug-likeness (QED) is 0.582. The third-order valence-electron chi connectivity index (χ3n) is 3.07. The number of nitrogens with one attached hydrogen (secondary N) is 1. The number of hydrogen-bond donors (Lipinski definition) is 3. The van der Waals surface area contributed by atoms with Crippen LogP contribution in [0.5, 0.6) is 11.5 Å². The first-order valence-corrected chi connectivity index (χ1v) is 6.60. The molecule has 5 heteroatoms. The Hall–Kier alpha value is -2.69. The zero-order valence-corrected chi connectivity index (χ0v) is 11.8. The van der Waals surface area contributed by atoms with Gasteiger partial charge in [0.2, 0.25) is 5.91 Å². The maximum atomic E-state index is 11.9. The van der Waals surface area contributed by atoms with Crippen LogP contribution in [0.15, 0.2) is 42.5 Å². The summed E-state index contributed by atoms with van der Waals surface area (Å²) in [5.74, 6) is 0.342. The van der Waals surface area contributed by atoms with Gasteiger partial charge in [-0.15, -0.1) is 0 Å². The second-order valence-electron chi connectivity index (χ2n) is 4.68. The van der Waals surface area contributed by atoms with Gasteiger partial charge in [0.1, 0.15) is 11.5 Å². The minimum absolute atomic E-state index is 0.0216. The minimum atomic E-state index is -0.169. The van der Waals surface area contributed by atoms with Crippen LogP contribution in [0.1, 0.15) is 12.0 Å². The number of methoxy groups -OCH3 is 1. The van der Waals surface area contributed by atoms with E-state index in [1.807, 2.05) is 18.2 Å². The predicted octanol–water partition coefficient (Wildman–Crippen LogP) is 2.55. The summed E-state index contributed by atoms with van der Waals surface area (Å²) in [4.78, 5) is 11.9. The van der Waals surface area contributed by atoms with Gasteiger partial charge in [-0.3, -0.25) is 4.79 Å². The molecule has 0 aliphatic heterocycles. The number of nitrogen functional groups attached to an aromatic ring is 1. The monoisotopic (exact) mass is 286 g/mol. The van der Waals surface area contributed by atoms with Crippen molar-refractivity contribution in [2.45, 2.75) is 12.8 Å². The number of amides is 1. The number of ether oxygens (including phenoxy) is 1. The van der Waals surface area contributed by atoms with E-state index in [9.17, 15) is 9.90 Å². The van der Waals surface area contributed by atoms with E-state index < -0.39 is 0 Å². The molecule has 0 saturated heterocycles. The van der Waals surface area contributed by atoms with Crippen LogP contribution in [-0.4, -0.2) is 18.1 Å². The summed E-state index contributed by atoms with van der Waals surface area (Å²) < 4.78 is 4.99. The maximum Gasteiger partial charge on any atom is 0.224 e. The first-order valence-electron chi connectivity index (χ1n) is 6.60.